The van der Waals surface area contributed by atoms with Crippen LogP contribution in [0.5, 0.6) is 0 Å². The average molecular weight is 484 g/mol. The molecule has 0 radical (unpaired) electrons. The predicted molar refractivity (Wildman–Crippen MR) is 131 cm³/mol. The van der Waals surface area contributed by atoms with Crippen LogP contribution in [0.3, 0.4) is 0 Å². The van der Waals surface area contributed by atoms with Crippen LogP contribution in [0.2, 0.25) is 0 Å². The molecular formula is C24H29N5O4S. The van der Waals surface area contributed by atoms with Gasteiger partial charge >= 0.3 is 0 Å². The van der Waals surface area contributed by atoms with Gasteiger partial charge in [0.1, 0.15) is 0 Å². The number of para-hydroxylation sites is 1. The Bertz CT molecular complexity index is 1360. The highest BCUT2D eigenvalue weighted by Gasteiger charge is 2.31. The third-order valence-corrected chi connectivity index (χ3v) is 7.90. The molecule has 1 aromatic heterocycles. The van der Waals surface area contributed by atoms with Crippen LogP contribution in [0.1, 0.15) is 37.6 Å². The number of benzene rings is 2. The Hall–Kier alpha value is -3.24. The molecule has 0 spiro atoms. The lowest BCUT2D eigenvalue weighted by Crippen LogP contribution is -2.42. The standard InChI is InChI=1S/C24H29N5O4S/c1-4-29-23(31)20-7-5-6-8-21(20)25-24(29)27-26-22(30)18-9-11-19(12-10-18)34(32,33)28-14-16(2)13-17(3)15-28/h5-12,16-17H,4,13-15H2,1-3H3,(H,25,27)(H,26,30)/t16-,17-/m0/s1. The molecule has 34 heavy (non-hydrogen) atoms. The van der Waals surface area contributed by atoms with Crippen molar-refractivity contribution in [1.82, 2.24) is 19.3 Å². The second-order valence-corrected chi connectivity index (χ2v) is 10.8. The van der Waals surface area contributed by atoms with Gasteiger partial charge in [-0.05, 0) is 61.6 Å². The van der Waals surface area contributed by atoms with Crippen molar-refractivity contribution in [2.24, 2.45) is 11.8 Å². The number of nitrogens with one attached hydrogen (secondary N) is 2. The number of carbonyl (C=O) groups is 1. The van der Waals surface area contributed by atoms with Gasteiger partial charge in [0.15, 0.2) is 0 Å². The van der Waals surface area contributed by atoms with Crippen molar-refractivity contribution in [1.29, 1.82) is 0 Å². The van der Waals surface area contributed by atoms with Gasteiger partial charge in [-0.3, -0.25) is 25.0 Å². The van der Waals surface area contributed by atoms with E-state index in [1.165, 1.54) is 33.1 Å². The third-order valence-electron chi connectivity index (χ3n) is 6.06. The van der Waals surface area contributed by atoms with E-state index in [4.69, 9.17) is 0 Å². The summed E-state index contributed by atoms with van der Waals surface area (Å²) in [5.74, 6) is 0.346. The topological polar surface area (TPSA) is 113 Å². The Morgan fingerprint density at radius 1 is 1.06 bits per heavy atom. The molecule has 1 aliphatic rings. The molecule has 0 bridgehead atoms. The molecule has 2 aromatic carbocycles. The minimum atomic E-state index is -3.62. The third kappa shape index (κ3) is 4.69. The molecule has 0 unspecified atom stereocenters. The summed E-state index contributed by atoms with van der Waals surface area (Å²) in [4.78, 5) is 30.0. The van der Waals surface area contributed by atoms with Gasteiger partial charge in [0.2, 0.25) is 16.0 Å². The molecule has 4 rings (SSSR count). The van der Waals surface area contributed by atoms with Gasteiger partial charge in [0.25, 0.3) is 11.5 Å². The second kappa shape index (κ2) is 9.55. The lowest BCUT2D eigenvalue weighted by Gasteiger charge is -2.34. The van der Waals surface area contributed by atoms with Crippen LogP contribution in [-0.4, -0.2) is 41.3 Å². The largest absolute Gasteiger partial charge is 0.277 e. The van der Waals surface area contributed by atoms with Crippen molar-refractivity contribution < 1.29 is 13.2 Å². The van der Waals surface area contributed by atoms with Gasteiger partial charge in [-0.1, -0.05) is 26.0 Å². The molecule has 10 heteroatoms. The number of amides is 1. The summed E-state index contributed by atoms with van der Waals surface area (Å²) in [6, 6.07) is 12.8. The first-order valence-corrected chi connectivity index (χ1v) is 12.8. The number of hydrazine groups is 1. The van der Waals surface area contributed by atoms with E-state index in [0.717, 1.165) is 6.42 Å². The molecule has 1 aliphatic heterocycles. The highest BCUT2D eigenvalue weighted by Crippen LogP contribution is 2.26. The molecule has 0 saturated carbocycles. The van der Waals surface area contributed by atoms with Crippen molar-refractivity contribution in [2.75, 3.05) is 18.5 Å². The maximum Gasteiger partial charge on any atom is 0.269 e. The first-order chi connectivity index (χ1) is 16.2. The van der Waals surface area contributed by atoms with Crippen molar-refractivity contribution >= 4 is 32.8 Å². The summed E-state index contributed by atoms with van der Waals surface area (Å²) in [5, 5.41) is 0.496. The molecule has 1 fully saturated rings. The van der Waals surface area contributed by atoms with E-state index < -0.39 is 15.9 Å². The van der Waals surface area contributed by atoms with Crippen LogP contribution in [-0.2, 0) is 16.6 Å². The smallest absolute Gasteiger partial charge is 0.269 e. The Kier molecular flexibility index (Phi) is 6.72. The lowest BCUT2D eigenvalue weighted by molar-refractivity contribution is 0.0962. The fraction of sp³-hybridized carbons (Fsp3) is 0.375. The molecule has 180 valence electrons. The first kappa shape index (κ1) is 23.9. The fourth-order valence-electron chi connectivity index (χ4n) is 4.47. The minimum absolute atomic E-state index is 0.161. The minimum Gasteiger partial charge on any atom is -0.277 e. The maximum absolute atomic E-state index is 13.1. The monoisotopic (exact) mass is 483 g/mol. The molecule has 2 atom stereocenters. The number of nitrogens with zero attached hydrogens (tertiary/aromatic N) is 3. The lowest BCUT2D eigenvalue weighted by atomic mass is 9.94. The van der Waals surface area contributed by atoms with Crippen molar-refractivity contribution in [2.45, 2.75) is 38.6 Å². The van der Waals surface area contributed by atoms with Crippen LogP contribution in [0.4, 0.5) is 5.95 Å². The first-order valence-electron chi connectivity index (χ1n) is 11.4. The van der Waals surface area contributed by atoms with E-state index in [-0.39, 0.29) is 22.0 Å². The average Bonchev–Trinajstić information content (AvgIpc) is 2.82. The van der Waals surface area contributed by atoms with Gasteiger partial charge in [-0.15, -0.1) is 0 Å². The summed E-state index contributed by atoms with van der Waals surface area (Å²) in [5.41, 5.74) is 5.86. The number of fused-ring (bicyclic) bond motifs is 1. The number of hydrogen-bond donors (Lipinski definition) is 2. The Balaban J connectivity index is 1.49. The van der Waals surface area contributed by atoms with Crippen molar-refractivity contribution in [3.63, 3.8) is 0 Å². The number of carbonyl (C=O) groups excluding carboxylic acids is 1. The number of anilines is 1. The van der Waals surface area contributed by atoms with E-state index >= 15 is 0 Å². The molecule has 0 aliphatic carbocycles. The zero-order valence-corrected chi connectivity index (χ0v) is 20.3. The van der Waals surface area contributed by atoms with E-state index in [9.17, 15) is 18.0 Å². The van der Waals surface area contributed by atoms with E-state index in [0.29, 0.717) is 42.4 Å². The highest BCUT2D eigenvalue weighted by molar-refractivity contribution is 7.89. The SMILES string of the molecule is CCn1c(NNC(=O)c2ccc(S(=O)(=O)N3C[C@@H](C)C[C@H](C)C3)cc2)nc2ccccc2c1=O. The van der Waals surface area contributed by atoms with Gasteiger partial charge in [-0.2, -0.15) is 4.31 Å². The zero-order valence-electron chi connectivity index (χ0n) is 19.5. The number of hydrogen-bond acceptors (Lipinski definition) is 6. The Morgan fingerprint density at radius 2 is 1.71 bits per heavy atom. The van der Waals surface area contributed by atoms with Crippen LogP contribution in [0.25, 0.3) is 10.9 Å². The Morgan fingerprint density at radius 3 is 2.35 bits per heavy atom. The fourth-order valence-corrected chi connectivity index (χ4v) is 6.15. The van der Waals surface area contributed by atoms with Crippen molar-refractivity contribution in [3.05, 3.63) is 64.4 Å². The van der Waals surface area contributed by atoms with Crippen molar-refractivity contribution in [3.8, 4) is 0 Å². The molecule has 2 N–H and O–H groups in total. The number of rotatable bonds is 6. The molecule has 1 saturated heterocycles. The van der Waals surface area contributed by atoms with Crippen LogP contribution in [0, 0.1) is 11.8 Å². The quantitative estimate of drug-likeness (QED) is 0.521. The van der Waals surface area contributed by atoms with E-state index in [2.05, 4.69) is 29.7 Å². The molecule has 3 aromatic rings. The summed E-state index contributed by atoms with van der Waals surface area (Å²) < 4.78 is 29.1. The summed E-state index contributed by atoms with van der Waals surface area (Å²) in [6.07, 6.45) is 1.01. The number of piperidine rings is 1. The Labute approximate surface area is 198 Å². The predicted octanol–water partition coefficient (Wildman–Crippen LogP) is 2.84. The van der Waals surface area contributed by atoms with Crippen LogP contribution in [0.15, 0.2) is 58.2 Å². The second-order valence-electron chi connectivity index (χ2n) is 8.87. The zero-order chi connectivity index (χ0) is 24.5. The van der Waals surface area contributed by atoms with Gasteiger partial charge in [0.05, 0.1) is 15.8 Å². The van der Waals surface area contributed by atoms with Crippen LogP contribution >= 0.6 is 0 Å². The van der Waals surface area contributed by atoms with Gasteiger partial charge in [0, 0.05) is 25.2 Å². The maximum atomic E-state index is 13.1. The van der Waals surface area contributed by atoms with E-state index in [1.54, 1.807) is 24.3 Å². The molecule has 2 heterocycles. The van der Waals surface area contributed by atoms with Crippen LogP contribution < -0.4 is 16.4 Å². The van der Waals surface area contributed by atoms with Gasteiger partial charge < -0.3 is 0 Å². The highest BCUT2D eigenvalue weighted by atomic mass is 32.2. The molecule has 1 amide bonds. The van der Waals surface area contributed by atoms with Gasteiger partial charge in [-0.25, -0.2) is 13.4 Å². The number of sulfonamides is 1. The summed E-state index contributed by atoms with van der Waals surface area (Å²) >= 11 is 0. The summed E-state index contributed by atoms with van der Waals surface area (Å²) in [6.45, 7) is 7.29. The molecule has 9 nitrogen and oxygen atoms in total. The van der Waals surface area contributed by atoms with E-state index in [1.807, 2.05) is 6.92 Å². The number of aromatic nitrogens is 2. The summed E-state index contributed by atoms with van der Waals surface area (Å²) in [7, 11) is -3.62. The normalized spacial score (nSPS) is 19.1. The molecular weight excluding hydrogens is 454 g/mol.